The van der Waals surface area contributed by atoms with Gasteiger partial charge in [0.05, 0.1) is 0 Å². The van der Waals surface area contributed by atoms with Crippen molar-refractivity contribution in [3.63, 3.8) is 0 Å². The molecule has 18 heavy (non-hydrogen) atoms. The van der Waals surface area contributed by atoms with Crippen molar-refractivity contribution in [2.24, 2.45) is 5.73 Å². The van der Waals surface area contributed by atoms with Crippen molar-refractivity contribution in [2.45, 2.75) is 25.4 Å². The van der Waals surface area contributed by atoms with Crippen LogP contribution in [0.4, 0.5) is 0 Å². The van der Waals surface area contributed by atoms with Crippen molar-refractivity contribution in [1.29, 1.82) is 0 Å². The second-order valence-corrected chi connectivity index (χ2v) is 5.99. The monoisotopic (exact) mass is 286 g/mol. The van der Waals surface area contributed by atoms with Crippen LogP contribution in [0.1, 0.15) is 18.4 Å². The fourth-order valence-electron chi connectivity index (χ4n) is 2.03. The molecule has 102 valence electrons. The Bertz CT molecular complexity index is 346. The average molecular weight is 287 g/mol. The van der Waals surface area contributed by atoms with Gasteiger partial charge in [0.2, 0.25) is 0 Å². The molecule has 0 heterocycles. The summed E-state index contributed by atoms with van der Waals surface area (Å²) in [4.78, 5) is 2.33. The van der Waals surface area contributed by atoms with Crippen LogP contribution in [0.3, 0.4) is 0 Å². The Hall–Kier alpha value is -0.220. The molecule has 0 aliphatic carbocycles. The van der Waals surface area contributed by atoms with Crippen LogP contribution < -0.4 is 5.73 Å². The van der Waals surface area contributed by atoms with E-state index in [9.17, 15) is 0 Å². The lowest BCUT2D eigenvalue weighted by Crippen LogP contribution is -2.37. The first kappa shape index (κ1) is 15.8. The smallest absolute Gasteiger partial charge is 0.0409 e. The lowest BCUT2D eigenvalue weighted by molar-refractivity contribution is 0.226. The summed E-state index contributed by atoms with van der Waals surface area (Å²) < 4.78 is 0. The Balaban J connectivity index is 2.48. The summed E-state index contributed by atoms with van der Waals surface area (Å²) in [6.07, 6.45) is 4.53. The van der Waals surface area contributed by atoms with Crippen LogP contribution in [-0.2, 0) is 6.54 Å². The van der Waals surface area contributed by atoms with Crippen LogP contribution in [0, 0.1) is 0 Å². The van der Waals surface area contributed by atoms with E-state index in [2.05, 4.69) is 24.3 Å². The molecule has 0 radical (unpaired) electrons. The quantitative estimate of drug-likeness (QED) is 0.744. The largest absolute Gasteiger partial charge is 0.329 e. The van der Waals surface area contributed by atoms with Gasteiger partial charge in [-0.05, 0) is 49.6 Å². The van der Waals surface area contributed by atoms with Crippen molar-refractivity contribution in [2.75, 3.05) is 25.6 Å². The SMILES string of the molecule is CSCCCC(CN)N(C)Cc1cccc(Cl)c1. The zero-order chi connectivity index (χ0) is 13.4. The van der Waals surface area contributed by atoms with Gasteiger partial charge in [0.15, 0.2) is 0 Å². The highest BCUT2D eigenvalue weighted by atomic mass is 35.5. The van der Waals surface area contributed by atoms with E-state index in [1.54, 1.807) is 0 Å². The van der Waals surface area contributed by atoms with Crippen LogP contribution >= 0.6 is 23.4 Å². The summed E-state index contributed by atoms with van der Waals surface area (Å²) in [5.74, 6) is 1.21. The van der Waals surface area contributed by atoms with Gasteiger partial charge < -0.3 is 5.73 Å². The van der Waals surface area contributed by atoms with Crippen LogP contribution in [0.25, 0.3) is 0 Å². The first-order chi connectivity index (χ1) is 8.67. The number of nitrogens with two attached hydrogens (primary N) is 1. The minimum atomic E-state index is 0.455. The lowest BCUT2D eigenvalue weighted by atomic mass is 10.1. The van der Waals surface area contributed by atoms with Gasteiger partial charge in [0.1, 0.15) is 0 Å². The third-order valence-electron chi connectivity index (χ3n) is 3.10. The normalized spacial score (nSPS) is 12.9. The van der Waals surface area contributed by atoms with Crippen molar-refractivity contribution >= 4 is 23.4 Å². The third kappa shape index (κ3) is 5.61. The Morgan fingerprint density at radius 1 is 1.44 bits per heavy atom. The number of likely N-dealkylation sites (N-methyl/N-ethyl adjacent to an activating group) is 1. The summed E-state index contributed by atoms with van der Waals surface area (Å²) >= 11 is 7.89. The van der Waals surface area contributed by atoms with E-state index in [4.69, 9.17) is 17.3 Å². The maximum absolute atomic E-state index is 6.00. The zero-order valence-electron chi connectivity index (χ0n) is 11.2. The molecule has 0 saturated heterocycles. The van der Waals surface area contributed by atoms with Crippen molar-refractivity contribution < 1.29 is 0 Å². The average Bonchev–Trinajstić information content (AvgIpc) is 2.34. The molecule has 1 unspecified atom stereocenters. The Morgan fingerprint density at radius 2 is 2.22 bits per heavy atom. The van der Waals surface area contributed by atoms with Gasteiger partial charge in [-0.1, -0.05) is 23.7 Å². The minimum absolute atomic E-state index is 0.455. The highest BCUT2D eigenvalue weighted by Crippen LogP contribution is 2.15. The topological polar surface area (TPSA) is 29.3 Å². The summed E-state index contributed by atoms with van der Waals surface area (Å²) in [5, 5.41) is 0.799. The predicted octanol–water partition coefficient (Wildman–Crippen LogP) is 3.24. The maximum atomic E-state index is 6.00. The molecule has 2 nitrogen and oxygen atoms in total. The Labute approximate surface area is 120 Å². The first-order valence-corrected chi connectivity index (χ1v) is 8.08. The molecule has 0 spiro atoms. The van der Waals surface area contributed by atoms with Gasteiger partial charge in [-0.25, -0.2) is 0 Å². The van der Waals surface area contributed by atoms with E-state index >= 15 is 0 Å². The highest BCUT2D eigenvalue weighted by Gasteiger charge is 2.12. The van der Waals surface area contributed by atoms with E-state index < -0.39 is 0 Å². The number of hydrogen-bond acceptors (Lipinski definition) is 3. The standard InChI is InChI=1S/C14H23ClN2S/c1-17(14(10-16)7-4-8-18-2)11-12-5-3-6-13(15)9-12/h3,5-6,9,14H,4,7-8,10-11,16H2,1-2H3. The molecule has 0 bridgehead atoms. The molecule has 1 aromatic rings. The van der Waals surface area contributed by atoms with Gasteiger partial charge in [0.25, 0.3) is 0 Å². The molecule has 0 aliphatic rings. The van der Waals surface area contributed by atoms with Crippen LogP contribution in [0.15, 0.2) is 24.3 Å². The minimum Gasteiger partial charge on any atom is -0.329 e. The van der Waals surface area contributed by atoms with E-state index in [0.29, 0.717) is 12.6 Å². The summed E-state index contributed by atoms with van der Waals surface area (Å²) in [5.41, 5.74) is 7.11. The maximum Gasteiger partial charge on any atom is 0.0409 e. The zero-order valence-corrected chi connectivity index (χ0v) is 12.8. The molecule has 1 atom stereocenters. The summed E-state index contributed by atoms with van der Waals surface area (Å²) in [7, 11) is 2.14. The van der Waals surface area contributed by atoms with E-state index in [-0.39, 0.29) is 0 Å². The highest BCUT2D eigenvalue weighted by molar-refractivity contribution is 7.98. The summed E-state index contributed by atoms with van der Waals surface area (Å²) in [6.45, 7) is 1.62. The molecule has 1 rings (SSSR count). The number of rotatable bonds is 8. The number of halogens is 1. The van der Waals surface area contributed by atoms with Gasteiger partial charge in [-0.3, -0.25) is 4.90 Å². The van der Waals surface area contributed by atoms with E-state index in [0.717, 1.165) is 18.0 Å². The number of hydrogen-bond donors (Lipinski definition) is 1. The number of benzene rings is 1. The van der Waals surface area contributed by atoms with Gasteiger partial charge in [0, 0.05) is 24.2 Å². The molecule has 0 fully saturated rings. The first-order valence-electron chi connectivity index (χ1n) is 6.31. The molecule has 0 aromatic heterocycles. The molecular formula is C14H23ClN2S. The van der Waals surface area contributed by atoms with Gasteiger partial charge >= 0.3 is 0 Å². The molecule has 0 saturated carbocycles. The second kappa shape index (κ2) is 8.81. The second-order valence-electron chi connectivity index (χ2n) is 4.57. The van der Waals surface area contributed by atoms with Crippen molar-refractivity contribution in [3.8, 4) is 0 Å². The summed E-state index contributed by atoms with van der Waals surface area (Å²) in [6, 6.07) is 8.49. The van der Waals surface area contributed by atoms with Crippen LogP contribution in [0.5, 0.6) is 0 Å². The van der Waals surface area contributed by atoms with Gasteiger partial charge in [-0.2, -0.15) is 11.8 Å². The lowest BCUT2D eigenvalue weighted by Gasteiger charge is -2.27. The molecule has 0 aliphatic heterocycles. The Kier molecular flexibility index (Phi) is 7.75. The molecule has 2 N–H and O–H groups in total. The van der Waals surface area contributed by atoms with E-state index in [1.165, 1.54) is 17.7 Å². The molecular weight excluding hydrogens is 264 g/mol. The van der Waals surface area contributed by atoms with Crippen LogP contribution in [-0.4, -0.2) is 36.5 Å². The fraction of sp³-hybridized carbons (Fsp3) is 0.571. The predicted molar refractivity (Wildman–Crippen MR) is 83.4 cm³/mol. The molecule has 1 aromatic carbocycles. The number of thioether (sulfide) groups is 1. The number of nitrogens with zero attached hydrogens (tertiary/aromatic N) is 1. The van der Waals surface area contributed by atoms with Crippen molar-refractivity contribution in [1.82, 2.24) is 4.90 Å². The third-order valence-corrected chi connectivity index (χ3v) is 4.03. The molecule has 0 amide bonds. The van der Waals surface area contributed by atoms with Crippen LogP contribution in [0.2, 0.25) is 5.02 Å². The molecule has 4 heteroatoms. The fourth-order valence-corrected chi connectivity index (χ4v) is 2.70. The van der Waals surface area contributed by atoms with Gasteiger partial charge in [-0.15, -0.1) is 0 Å². The van der Waals surface area contributed by atoms with E-state index in [1.807, 2.05) is 30.0 Å². The van der Waals surface area contributed by atoms with Crippen molar-refractivity contribution in [3.05, 3.63) is 34.9 Å². The Morgan fingerprint density at radius 3 is 2.83 bits per heavy atom.